The van der Waals surface area contributed by atoms with Gasteiger partial charge in [0.1, 0.15) is 12.2 Å². The summed E-state index contributed by atoms with van der Waals surface area (Å²) in [6.45, 7) is 13.4. The van der Waals surface area contributed by atoms with E-state index in [9.17, 15) is 24.9 Å². The third-order valence-electron chi connectivity index (χ3n) is 6.91. The molecule has 0 saturated heterocycles. The van der Waals surface area contributed by atoms with Crippen LogP contribution in [0.2, 0.25) is 0 Å². The lowest BCUT2D eigenvalue weighted by Gasteiger charge is -2.24. The summed E-state index contributed by atoms with van der Waals surface area (Å²) in [4.78, 5) is 24.9. The number of rotatable bonds is 11. The Kier molecular flexibility index (Phi) is 17.2. The van der Waals surface area contributed by atoms with Gasteiger partial charge in [0.15, 0.2) is 0 Å². The van der Waals surface area contributed by atoms with E-state index >= 15 is 0 Å². The van der Waals surface area contributed by atoms with E-state index in [1.54, 1.807) is 19.1 Å². The third kappa shape index (κ3) is 16.3. The molecule has 0 aromatic rings. The highest BCUT2D eigenvalue weighted by atomic mass is 16.5. The number of cyclic esters (lactones) is 1. The van der Waals surface area contributed by atoms with Crippen molar-refractivity contribution in [2.24, 2.45) is 11.8 Å². The van der Waals surface area contributed by atoms with Gasteiger partial charge in [0, 0.05) is 25.3 Å². The van der Waals surface area contributed by atoms with Gasteiger partial charge < -0.3 is 24.8 Å². The van der Waals surface area contributed by atoms with Gasteiger partial charge in [-0.25, -0.2) is 4.79 Å². The van der Waals surface area contributed by atoms with Crippen LogP contribution in [0.15, 0.2) is 71.4 Å². The quantitative estimate of drug-likeness (QED) is 0.119. The van der Waals surface area contributed by atoms with Gasteiger partial charge in [-0.2, -0.15) is 0 Å². The SMILES string of the molecule is CC(=CC=CC(C)=C[C@H](O)[C@H](O)C[C@H](C)O)C=C(C)C=CC(=O)O[C@H]1CCCC(=O)O[C@@H](C(C)C)CC=CC[C@@H]1C. The molecule has 7 nitrogen and oxygen atoms in total. The van der Waals surface area contributed by atoms with Crippen LogP contribution in [0.5, 0.6) is 0 Å². The molecule has 7 heteroatoms. The van der Waals surface area contributed by atoms with Gasteiger partial charge in [-0.3, -0.25) is 4.79 Å². The largest absolute Gasteiger partial charge is 0.462 e. The molecule has 6 atom stereocenters. The van der Waals surface area contributed by atoms with Gasteiger partial charge in [0.05, 0.1) is 18.3 Å². The number of hydrogen-bond acceptors (Lipinski definition) is 7. The van der Waals surface area contributed by atoms with Crippen molar-refractivity contribution in [3.05, 3.63) is 71.4 Å². The Hall–Kier alpha value is -2.74. The Morgan fingerprint density at radius 2 is 1.71 bits per heavy atom. The molecule has 0 unspecified atom stereocenters. The van der Waals surface area contributed by atoms with Crippen molar-refractivity contribution < 1.29 is 34.4 Å². The summed E-state index contributed by atoms with van der Waals surface area (Å²) < 4.78 is 11.4. The number of esters is 2. The van der Waals surface area contributed by atoms with E-state index in [0.717, 1.165) is 23.1 Å². The second kappa shape index (κ2) is 19.4. The minimum atomic E-state index is -1.05. The Balaban J connectivity index is 2.73. The number of hydrogen-bond donors (Lipinski definition) is 3. The number of aliphatic hydroxyl groups is 3. The van der Waals surface area contributed by atoms with Crippen molar-refractivity contribution in [2.75, 3.05) is 0 Å². The van der Waals surface area contributed by atoms with E-state index < -0.39 is 24.3 Å². The van der Waals surface area contributed by atoms with E-state index in [4.69, 9.17) is 9.47 Å². The molecule has 1 heterocycles. The summed E-state index contributed by atoms with van der Waals surface area (Å²) >= 11 is 0. The molecule has 230 valence electrons. The second-order valence-corrected chi connectivity index (χ2v) is 11.6. The van der Waals surface area contributed by atoms with Crippen LogP contribution in [-0.2, 0) is 19.1 Å². The number of allylic oxidation sites excluding steroid dienone is 9. The van der Waals surface area contributed by atoms with Crippen molar-refractivity contribution in [1.29, 1.82) is 0 Å². The lowest BCUT2D eigenvalue weighted by molar-refractivity contribution is -0.151. The third-order valence-corrected chi connectivity index (χ3v) is 6.91. The van der Waals surface area contributed by atoms with Gasteiger partial charge >= 0.3 is 11.9 Å². The van der Waals surface area contributed by atoms with Crippen molar-refractivity contribution in [2.45, 2.75) is 118 Å². The molecule has 1 aliphatic rings. The molecule has 0 fully saturated rings. The fourth-order valence-electron chi connectivity index (χ4n) is 4.40. The number of carbonyl (C=O) groups excluding carboxylic acids is 2. The topological polar surface area (TPSA) is 113 Å². The number of aliphatic hydroxyl groups excluding tert-OH is 3. The molecule has 0 spiro atoms. The zero-order valence-corrected chi connectivity index (χ0v) is 26.0. The lowest BCUT2D eigenvalue weighted by atomic mass is 9.94. The molecule has 3 N–H and O–H groups in total. The molecule has 1 aliphatic heterocycles. The van der Waals surface area contributed by atoms with Crippen LogP contribution in [0.1, 0.15) is 87.0 Å². The summed E-state index contributed by atoms with van der Waals surface area (Å²) in [5.41, 5.74) is 2.62. The monoisotopic (exact) mass is 572 g/mol. The summed E-state index contributed by atoms with van der Waals surface area (Å²) in [7, 11) is 0. The van der Waals surface area contributed by atoms with E-state index in [0.29, 0.717) is 25.7 Å². The molecule has 0 aromatic carbocycles. The fraction of sp³-hybridized carbons (Fsp3) is 0.588. The first kappa shape index (κ1) is 36.3. The minimum Gasteiger partial charge on any atom is -0.462 e. The average molecular weight is 573 g/mol. The van der Waals surface area contributed by atoms with E-state index in [1.807, 2.05) is 45.1 Å². The van der Waals surface area contributed by atoms with Crippen molar-refractivity contribution in [3.8, 4) is 0 Å². The van der Waals surface area contributed by atoms with Gasteiger partial charge in [-0.1, -0.05) is 86.1 Å². The van der Waals surface area contributed by atoms with E-state index in [2.05, 4.69) is 32.9 Å². The zero-order chi connectivity index (χ0) is 30.9. The maximum absolute atomic E-state index is 12.6. The first-order valence-electron chi connectivity index (χ1n) is 14.8. The second-order valence-electron chi connectivity index (χ2n) is 11.6. The zero-order valence-electron chi connectivity index (χ0n) is 26.0. The molecule has 0 radical (unpaired) electrons. The Bertz CT molecular complexity index is 997. The molecule has 0 amide bonds. The Morgan fingerprint density at radius 1 is 1.02 bits per heavy atom. The highest BCUT2D eigenvalue weighted by molar-refractivity contribution is 5.82. The van der Waals surface area contributed by atoms with Crippen LogP contribution in [0.3, 0.4) is 0 Å². The van der Waals surface area contributed by atoms with Gasteiger partial charge in [0.2, 0.25) is 0 Å². The van der Waals surface area contributed by atoms with E-state index in [-0.39, 0.29) is 36.4 Å². The molecule has 0 aliphatic carbocycles. The van der Waals surface area contributed by atoms with Crippen LogP contribution in [0, 0.1) is 11.8 Å². The summed E-state index contributed by atoms with van der Waals surface area (Å²) in [6.07, 6.45) is 16.3. The molecule has 0 saturated carbocycles. The predicted molar refractivity (Wildman–Crippen MR) is 164 cm³/mol. The standard InChI is InChI=1S/C34H52O7/c1-23(2)31-15-9-8-14-27(6)32(16-11-17-33(38)40-31)41-34(39)19-18-26(5)20-24(3)12-10-13-25(4)21-29(36)30(37)22-28(7)35/h8-10,12-13,18-21,23,27-32,35-37H,11,14-17,22H2,1-7H3/t27-,28-,29-,30+,31+,32-/m0/s1. The van der Waals surface area contributed by atoms with Crippen LogP contribution >= 0.6 is 0 Å². The predicted octanol–water partition coefficient (Wildman–Crippen LogP) is 6.07. The minimum absolute atomic E-state index is 0.102. The maximum Gasteiger partial charge on any atom is 0.331 e. The fourth-order valence-corrected chi connectivity index (χ4v) is 4.40. The summed E-state index contributed by atoms with van der Waals surface area (Å²) in [5.74, 6) is -0.228. The molecular weight excluding hydrogens is 520 g/mol. The smallest absolute Gasteiger partial charge is 0.331 e. The maximum atomic E-state index is 12.6. The summed E-state index contributed by atoms with van der Waals surface area (Å²) in [5, 5.41) is 29.3. The van der Waals surface area contributed by atoms with Crippen LogP contribution in [-0.4, -0.2) is 57.8 Å². The molecule has 0 bridgehead atoms. The highest BCUT2D eigenvalue weighted by Crippen LogP contribution is 2.22. The lowest BCUT2D eigenvalue weighted by Crippen LogP contribution is -2.27. The average Bonchev–Trinajstić information content (AvgIpc) is 2.87. The van der Waals surface area contributed by atoms with Gasteiger partial charge in [0.25, 0.3) is 0 Å². The Morgan fingerprint density at radius 3 is 2.37 bits per heavy atom. The van der Waals surface area contributed by atoms with Crippen LogP contribution in [0.25, 0.3) is 0 Å². The van der Waals surface area contributed by atoms with Gasteiger partial charge in [-0.15, -0.1) is 0 Å². The van der Waals surface area contributed by atoms with Gasteiger partial charge in [-0.05, 0) is 58.8 Å². The number of ether oxygens (including phenoxy) is 2. The molecule has 0 aromatic heterocycles. The van der Waals surface area contributed by atoms with Crippen LogP contribution < -0.4 is 0 Å². The summed E-state index contributed by atoms with van der Waals surface area (Å²) in [6, 6.07) is 0. The van der Waals surface area contributed by atoms with Crippen LogP contribution in [0.4, 0.5) is 0 Å². The van der Waals surface area contributed by atoms with Crippen molar-refractivity contribution in [3.63, 3.8) is 0 Å². The highest BCUT2D eigenvalue weighted by Gasteiger charge is 2.23. The molecular formula is C34H52O7. The normalized spacial score (nSPS) is 24.6. The number of carbonyl (C=O) groups is 2. The molecule has 41 heavy (non-hydrogen) atoms. The first-order chi connectivity index (χ1) is 19.3. The molecule has 1 rings (SSSR count). The van der Waals surface area contributed by atoms with E-state index in [1.165, 1.54) is 6.08 Å². The first-order valence-corrected chi connectivity index (χ1v) is 14.8. The van der Waals surface area contributed by atoms with Crippen molar-refractivity contribution in [1.82, 2.24) is 0 Å². The Labute approximate surface area is 247 Å². The van der Waals surface area contributed by atoms with Crippen molar-refractivity contribution >= 4 is 11.9 Å².